The van der Waals surface area contributed by atoms with Crippen LogP contribution >= 0.6 is 0 Å². The SMILES string of the molecule is NC1CC12C(=O)Nc1ccc(O)cc12. The van der Waals surface area contributed by atoms with Crippen LogP contribution in [-0.2, 0) is 10.2 Å². The Bertz CT molecular complexity index is 444. The first-order valence-electron chi connectivity index (χ1n) is 4.55. The standard InChI is InChI=1S/C10H10N2O2/c11-8-4-10(8)6-3-5(13)1-2-7(6)12-9(10)14/h1-3,8,13H,4,11H2,(H,12,14). The number of phenols is 1. The number of fused-ring (bicyclic) bond motifs is 2. The smallest absolute Gasteiger partial charge is 0.236 e. The molecular formula is C10H10N2O2. The van der Waals surface area contributed by atoms with Crippen molar-refractivity contribution in [3.8, 4) is 5.75 Å². The van der Waals surface area contributed by atoms with E-state index in [1.165, 1.54) is 0 Å². The maximum atomic E-state index is 11.7. The molecule has 0 saturated heterocycles. The molecule has 1 fully saturated rings. The van der Waals surface area contributed by atoms with Gasteiger partial charge in [0, 0.05) is 11.7 Å². The predicted molar refractivity (Wildman–Crippen MR) is 51.0 cm³/mol. The highest BCUT2D eigenvalue weighted by Gasteiger charge is 2.63. The molecule has 1 aliphatic carbocycles. The van der Waals surface area contributed by atoms with Crippen LogP contribution in [0.15, 0.2) is 18.2 Å². The Balaban J connectivity index is 2.22. The summed E-state index contributed by atoms with van der Waals surface area (Å²) in [5, 5.41) is 12.1. The lowest BCUT2D eigenvalue weighted by Crippen LogP contribution is -2.26. The van der Waals surface area contributed by atoms with Crippen LogP contribution in [0.2, 0.25) is 0 Å². The Labute approximate surface area is 80.7 Å². The summed E-state index contributed by atoms with van der Waals surface area (Å²) in [6, 6.07) is 4.79. The van der Waals surface area contributed by atoms with Crippen LogP contribution in [0.1, 0.15) is 12.0 Å². The Kier molecular flexibility index (Phi) is 1.17. The number of hydrogen-bond acceptors (Lipinski definition) is 3. The van der Waals surface area contributed by atoms with Crippen LogP contribution in [0.4, 0.5) is 5.69 Å². The minimum atomic E-state index is -0.548. The first-order chi connectivity index (χ1) is 6.64. The van der Waals surface area contributed by atoms with Gasteiger partial charge >= 0.3 is 0 Å². The molecule has 2 atom stereocenters. The molecule has 1 aliphatic heterocycles. The number of nitrogens with one attached hydrogen (secondary N) is 1. The lowest BCUT2D eigenvalue weighted by atomic mass is 9.97. The van der Waals surface area contributed by atoms with E-state index in [1.807, 2.05) is 0 Å². The van der Waals surface area contributed by atoms with Gasteiger partial charge in [-0.1, -0.05) is 0 Å². The van der Waals surface area contributed by atoms with Gasteiger partial charge in [0.2, 0.25) is 5.91 Å². The molecule has 3 rings (SSSR count). The van der Waals surface area contributed by atoms with E-state index in [1.54, 1.807) is 18.2 Å². The second-order valence-electron chi connectivity index (χ2n) is 3.97. The Hall–Kier alpha value is -1.55. The van der Waals surface area contributed by atoms with E-state index in [2.05, 4.69) is 5.32 Å². The summed E-state index contributed by atoms with van der Waals surface area (Å²) in [7, 11) is 0. The van der Waals surface area contributed by atoms with Crippen LogP contribution in [0.5, 0.6) is 5.75 Å². The molecule has 0 radical (unpaired) electrons. The van der Waals surface area contributed by atoms with Crippen LogP contribution < -0.4 is 11.1 Å². The van der Waals surface area contributed by atoms with Crippen LogP contribution in [-0.4, -0.2) is 17.1 Å². The molecule has 1 aromatic carbocycles. The molecule has 1 amide bonds. The van der Waals surface area contributed by atoms with E-state index in [0.717, 1.165) is 11.3 Å². The molecular weight excluding hydrogens is 180 g/mol. The van der Waals surface area contributed by atoms with Gasteiger partial charge in [0.1, 0.15) is 5.75 Å². The summed E-state index contributed by atoms with van der Waals surface area (Å²) in [6.45, 7) is 0. The normalized spacial score (nSPS) is 32.9. The van der Waals surface area contributed by atoms with E-state index in [4.69, 9.17) is 5.73 Å². The number of amides is 1. The fourth-order valence-electron chi connectivity index (χ4n) is 2.23. The highest BCUT2D eigenvalue weighted by atomic mass is 16.3. The number of phenolic OH excluding ortho intramolecular Hbond substituents is 1. The topological polar surface area (TPSA) is 75.4 Å². The van der Waals surface area contributed by atoms with Gasteiger partial charge in [-0.15, -0.1) is 0 Å². The third kappa shape index (κ3) is 0.702. The molecule has 14 heavy (non-hydrogen) atoms. The van der Waals surface area contributed by atoms with Crippen molar-refractivity contribution in [3.63, 3.8) is 0 Å². The summed E-state index contributed by atoms with van der Waals surface area (Å²) in [5.41, 5.74) is 6.85. The van der Waals surface area contributed by atoms with Gasteiger partial charge in [-0.05, 0) is 30.2 Å². The van der Waals surface area contributed by atoms with Gasteiger partial charge in [0.25, 0.3) is 0 Å². The summed E-state index contributed by atoms with van der Waals surface area (Å²) in [5.74, 6) is 0.143. The molecule has 0 bridgehead atoms. The molecule has 0 aromatic heterocycles. The number of benzene rings is 1. The number of rotatable bonds is 0. The highest BCUT2D eigenvalue weighted by molar-refractivity contribution is 6.09. The van der Waals surface area contributed by atoms with Crippen LogP contribution in [0.25, 0.3) is 0 Å². The molecule has 4 N–H and O–H groups in total. The Morgan fingerprint density at radius 1 is 1.57 bits per heavy atom. The molecule has 4 nitrogen and oxygen atoms in total. The number of nitrogens with two attached hydrogens (primary N) is 1. The number of carbonyl (C=O) groups is 1. The maximum absolute atomic E-state index is 11.7. The zero-order valence-corrected chi connectivity index (χ0v) is 7.45. The van der Waals surface area contributed by atoms with E-state index < -0.39 is 5.41 Å². The van der Waals surface area contributed by atoms with Crippen molar-refractivity contribution in [1.29, 1.82) is 0 Å². The van der Waals surface area contributed by atoms with Gasteiger partial charge in [0.15, 0.2) is 0 Å². The average molecular weight is 190 g/mol. The summed E-state index contributed by atoms with van der Waals surface area (Å²) < 4.78 is 0. The van der Waals surface area contributed by atoms with Crippen LogP contribution in [0.3, 0.4) is 0 Å². The predicted octanol–water partition coefficient (Wildman–Crippen LogP) is 0.313. The molecule has 2 aliphatic rings. The Morgan fingerprint density at radius 3 is 2.93 bits per heavy atom. The minimum Gasteiger partial charge on any atom is -0.508 e. The van der Waals surface area contributed by atoms with Crippen molar-refractivity contribution < 1.29 is 9.90 Å². The average Bonchev–Trinajstić information content (AvgIpc) is 2.74. The van der Waals surface area contributed by atoms with Crippen molar-refractivity contribution in [3.05, 3.63) is 23.8 Å². The fourth-order valence-corrected chi connectivity index (χ4v) is 2.23. The van der Waals surface area contributed by atoms with Crippen molar-refractivity contribution in [1.82, 2.24) is 0 Å². The number of aromatic hydroxyl groups is 1. The third-order valence-electron chi connectivity index (χ3n) is 3.15. The zero-order chi connectivity index (χ0) is 9.92. The van der Waals surface area contributed by atoms with E-state index in [0.29, 0.717) is 6.42 Å². The molecule has 72 valence electrons. The lowest BCUT2D eigenvalue weighted by molar-refractivity contribution is -0.118. The number of hydrogen-bond donors (Lipinski definition) is 3. The van der Waals surface area contributed by atoms with Gasteiger partial charge in [-0.3, -0.25) is 4.79 Å². The molecule has 2 unspecified atom stereocenters. The van der Waals surface area contributed by atoms with Gasteiger partial charge < -0.3 is 16.2 Å². The first-order valence-corrected chi connectivity index (χ1v) is 4.55. The largest absolute Gasteiger partial charge is 0.508 e. The second kappa shape index (κ2) is 2.09. The summed E-state index contributed by atoms with van der Waals surface area (Å²) in [4.78, 5) is 11.7. The highest BCUT2D eigenvalue weighted by Crippen LogP contribution is 2.54. The third-order valence-corrected chi connectivity index (χ3v) is 3.15. The molecule has 4 heteroatoms. The van der Waals surface area contributed by atoms with Crippen molar-refractivity contribution in [2.75, 3.05) is 5.32 Å². The Morgan fingerprint density at radius 2 is 2.29 bits per heavy atom. The first kappa shape index (κ1) is 7.82. The minimum absolute atomic E-state index is 0.0365. The van der Waals surface area contributed by atoms with Gasteiger partial charge in [0.05, 0.1) is 5.41 Å². The summed E-state index contributed by atoms with van der Waals surface area (Å²) >= 11 is 0. The monoisotopic (exact) mass is 190 g/mol. The molecule has 1 heterocycles. The zero-order valence-electron chi connectivity index (χ0n) is 7.45. The quantitative estimate of drug-likeness (QED) is 0.515. The summed E-state index contributed by atoms with van der Waals surface area (Å²) in [6.07, 6.45) is 0.676. The van der Waals surface area contributed by atoms with Crippen molar-refractivity contribution >= 4 is 11.6 Å². The lowest BCUT2D eigenvalue weighted by Gasteiger charge is -2.05. The van der Waals surface area contributed by atoms with E-state index in [9.17, 15) is 9.90 Å². The maximum Gasteiger partial charge on any atom is 0.236 e. The van der Waals surface area contributed by atoms with E-state index in [-0.39, 0.29) is 17.7 Å². The van der Waals surface area contributed by atoms with E-state index >= 15 is 0 Å². The molecule has 1 aromatic rings. The second-order valence-corrected chi connectivity index (χ2v) is 3.97. The van der Waals surface area contributed by atoms with Crippen molar-refractivity contribution in [2.24, 2.45) is 5.73 Å². The van der Waals surface area contributed by atoms with Gasteiger partial charge in [-0.2, -0.15) is 0 Å². The number of carbonyl (C=O) groups excluding carboxylic acids is 1. The number of anilines is 1. The van der Waals surface area contributed by atoms with Gasteiger partial charge in [-0.25, -0.2) is 0 Å². The van der Waals surface area contributed by atoms with Crippen molar-refractivity contribution in [2.45, 2.75) is 17.9 Å². The molecule has 1 saturated carbocycles. The van der Waals surface area contributed by atoms with Crippen LogP contribution in [0, 0.1) is 0 Å². The fraction of sp³-hybridized carbons (Fsp3) is 0.300. The molecule has 1 spiro atoms.